The number of nitrogens with one attached hydrogen (secondary N) is 1. The molecule has 1 aliphatic heterocycles. The topological polar surface area (TPSA) is 33.9 Å². The highest BCUT2D eigenvalue weighted by Gasteiger charge is 2.29. The first kappa shape index (κ1) is 15.0. The molecule has 19 heavy (non-hydrogen) atoms. The van der Waals surface area contributed by atoms with Gasteiger partial charge >= 0.3 is 0 Å². The predicted octanol–water partition coefficient (Wildman–Crippen LogP) is 1.35. The van der Waals surface area contributed by atoms with E-state index in [1.54, 1.807) is 0 Å². The summed E-state index contributed by atoms with van der Waals surface area (Å²) in [6, 6.07) is 8.03. The van der Waals surface area contributed by atoms with Crippen molar-refractivity contribution in [1.82, 2.24) is 0 Å². The highest BCUT2D eigenvalue weighted by atomic mass is 79.9. The third kappa shape index (κ3) is 4.02. The molecular weight excluding hydrogens is 306 g/mol. The normalized spacial score (nSPS) is 20.2. The molecule has 0 aliphatic carbocycles. The summed E-state index contributed by atoms with van der Waals surface area (Å²) in [7, 11) is 0. The van der Waals surface area contributed by atoms with Crippen LogP contribution in [-0.2, 0) is 10.3 Å². The van der Waals surface area contributed by atoms with Crippen molar-refractivity contribution in [2.24, 2.45) is 0 Å². The van der Waals surface area contributed by atoms with Crippen LogP contribution in [0, 0.1) is 0 Å². The lowest BCUT2D eigenvalue weighted by atomic mass is 9.88. The van der Waals surface area contributed by atoms with E-state index in [0.717, 1.165) is 55.7 Å². The van der Waals surface area contributed by atoms with Gasteiger partial charge < -0.3 is 14.7 Å². The molecule has 0 saturated carbocycles. The fraction of sp³-hybridized carbons (Fsp3) is 0.600. The summed E-state index contributed by atoms with van der Waals surface area (Å²) in [5.74, 6) is 0. The number of halogens is 1. The molecule has 1 saturated heterocycles. The molecule has 2 rings (SSSR count). The first-order valence-corrected chi connectivity index (χ1v) is 7.83. The lowest BCUT2D eigenvalue weighted by Crippen LogP contribution is -3.14. The molecule has 4 heteroatoms. The van der Waals surface area contributed by atoms with E-state index in [4.69, 9.17) is 4.74 Å². The van der Waals surface area contributed by atoms with Crippen molar-refractivity contribution in [3.8, 4) is 0 Å². The quantitative estimate of drug-likeness (QED) is 0.855. The number of hydrogen-bond donors (Lipinski definition) is 2. The molecule has 1 aromatic rings. The number of ether oxygens (including phenoxy) is 1. The van der Waals surface area contributed by atoms with E-state index in [0.29, 0.717) is 0 Å². The zero-order valence-electron chi connectivity index (χ0n) is 11.5. The molecule has 1 fully saturated rings. The van der Waals surface area contributed by atoms with Crippen molar-refractivity contribution in [3.05, 3.63) is 34.3 Å². The van der Waals surface area contributed by atoms with Gasteiger partial charge in [-0.15, -0.1) is 0 Å². The van der Waals surface area contributed by atoms with Crippen molar-refractivity contribution in [2.75, 3.05) is 32.8 Å². The minimum Gasteiger partial charge on any atom is -0.385 e. The van der Waals surface area contributed by atoms with Crippen molar-refractivity contribution >= 4 is 15.9 Å². The van der Waals surface area contributed by atoms with E-state index in [1.165, 1.54) is 4.90 Å². The van der Waals surface area contributed by atoms with Crippen molar-refractivity contribution in [3.63, 3.8) is 0 Å². The Kier molecular flexibility index (Phi) is 5.39. The van der Waals surface area contributed by atoms with Crippen molar-refractivity contribution < 1.29 is 14.7 Å². The van der Waals surface area contributed by atoms with Crippen LogP contribution in [0.5, 0.6) is 0 Å². The lowest BCUT2D eigenvalue weighted by molar-refractivity contribution is -0.909. The maximum absolute atomic E-state index is 10.9. The Hall–Kier alpha value is -0.420. The number of benzene rings is 1. The average molecular weight is 329 g/mol. The van der Waals surface area contributed by atoms with Crippen LogP contribution in [0.3, 0.4) is 0 Å². The third-order valence-electron chi connectivity index (χ3n) is 4.06. The number of morpholine rings is 1. The maximum atomic E-state index is 10.9. The minimum atomic E-state index is -0.702. The molecule has 0 aromatic heterocycles. The number of quaternary nitrogens is 1. The van der Waals surface area contributed by atoms with Crippen LogP contribution >= 0.6 is 15.9 Å². The van der Waals surface area contributed by atoms with Crippen LogP contribution in [-0.4, -0.2) is 38.0 Å². The van der Waals surface area contributed by atoms with E-state index < -0.39 is 5.60 Å². The molecule has 106 valence electrons. The van der Waals surface area contributed by atoms with Gasteiger partial charge in [0.2, 0.25) is 0 Å². The van der Waals surface area contributed by atoms with Crippen LogP contribution in [0.25, 0.3) is 0 Å². The summed E-state index contributed by atoms with van der Waals surface area (Å²) >= 11 is 3.44. The Morgan fingerprint density at radius 3 is 2.47 bits per heavy atom. The zero-order chi connectivity index (χ0) is 13.7. The second kappa shape index (κ2) is 6.84. The highest BCUT2D eigenvalue weighted by molar-refractivity contribution is 9.10. The summed E-state index contributed by atoms with van der Waals surface area (Å²) in [6.07, 6.45) is 1.55. The van der Waals surface area contributed by atoms with Gasteiger partial charge in [-0.25, -0.2) is 0 Å². The average Bonchev–Trinajstić information content (AvgIpc) is 2.46. The van der Waals surface area contributed by atoms with Gasteiger partial charge in [-0.3, -0.25) is 0 Å². The smallest absolute Gasteiger partial charge is 0.101 e. The van der Waals surface area contributed by atoms with E-state index in [2.05, 4.69) is 22.9 Å². The largest absolute Gasteiger partial charge is 0.385 e. The van der Waals surface area contributed by atoms with E-state index in [9.17, 15) is 5.11 Å². The molecule has 1 atom stereocenters. The van der Waals surface area contributed by atoms with Gasteiger partial charge in [-0.1, -0.05) is 35.0 Å². The highest BCUT2D eigenvalue weighted by Crippen LogP contribution is 2.29. The Morgan fingerprint density at radius 1 is 1.26 bits per heavy atom. The molecule has 1 heterocycles. The molecule has 2 N–H and O–H groups in total. The number of aliphatic hydroxyl groups is 1. The fourth-order valence-corrected chi connectivity index (χ4v) is 2.84. The molecule has 1 aromatic carbocycles. The monoisotopic (exact) mass is 328 g/mol. The Bertz CT molecular complexity index is 390. The summed E-state index contributed by atoms with van der Waals surface area (Å²) in [5.41, 5.74) is 0.317. The van der Waals surface area contributed by atoms with Crippen LogP contribution in [0.4, 0.5) is 0 Å². The summed E-state index contributed by atoms with van der Waals surface area (Å²) < 4.78 is 6.42. The van der Waals surface area contributed by atoms with Gasteiger partial charge in [0.25, 0.3) is 0 Å². The second-order valence-electron chi connectivity index (χ2n) is 5.25. The van der Waals surface area contributed by atoms with Gasteiger partial charge in [0.1, 0.15) is 13.1 Å². The molecular formula is C15H23BrNO2+. The molecule has 0 amide bonds. The lowest BCUT2D eigenvalue weighted by Gasteiger charge is -2.31. The van der Waals surface area contributed by atoms with E-state index in [-0.39, 0.29) is 0 Å². The van der Waals surface area contributed by atoms with Crippen LogP contribution < -0.4 is 4.90 Å². The third-order valence-corrected chi connectivity index (χ3v) is 4.59. The van der Waals surface area contributed by atoms with Gasteiger partial charge in [-0.2, -0.15) is 0 Å². The van der Waals surface area contributed by atoms with E-state index >= 15 is 0 Å². The van der Waals surface area contributed by atoms with Crippen LogP contribution in [0.15, 0.2) is 28.7 Å². The van der Waals surface area contributed by atoms with Gasteiger partial charge in [-0.05, 0) is 24.1 Å². The number of hydrogen-bond acceptors (Lipinski definition) is 2. The Balaban J connectivity index is 1.98. The molecule has 1 unspecified atom stereocenters. The first-order valence-electron chi connectivity index (χ1n) is 7.04. The van der Waals surface area contributed by atoms with Crippen molar-refractivity contribution in [2.45, 2.75) is 25.4 Å². The molecule has 3 nitrogen and oxygen atoms in total. The van der Waals surface area contributed by atoms with Gasteiger partial charge in [0.15, 0.2) is 0 Å². The summed E-state index contributed by atoms with van der Waals surface area (Å²) in [5, 5.41) is 10.9. The fourth-order valence-electron chi connectivity index (χ4n) is 2.58. The zero-order valence-corrected chi connectivity index (χ0v) is 13.1. The maximum Gasteiger partial charge on any atom is 0.101 e. The molecule has 1 aliphatic rings. The first-order chi connectivity index (χ1) is 9.14. The summed E-state index contributed by atoms with van der Waals surface area (Å²) in [6.45, 7) is 6.86. The minimum absolute atomic E-state index is 0.702. The summed E-state index contributed by atoms with van der Waals surface area (Å²) in [4.78, 5) is 1.54. The van der Waals surface area contributed by atoms with Crippen LogP contribution in [0.1, 0.15) is 25.3 Å². The van der Waals surface area contributed by atoms with Gasteiger partial charge in [0, 0.05) is 10.9 Å². The second-order valence-corrected chi connectivity index (χ2v) is 6.17. The number of rotatable bonds is 5. The Morgan fingerprint density at radius 2 is 1.89 bits per heavy atom. The Labute approximate surface area is 123 Å². The predicted molar refractivity (Wildman–Crippen MR) is 79.3 cm³/mol. The SMILES string of the molecule is CCC(O)(CC[NH+]1CCOCC1)c1ccc(Br)cc1. The van der Waals surface area contributed by atoms with Crippen molar-refractivity contribution in [1.29, 1.82) is 0 Å². The molecule has 0 radical (unpaired) electrons. The van der Waals surface area contributed by atoms with E-state index in [1.807, 2.05) is 24.3 Å². The van der Waals surface area contributed by atoms with Gasteiger partial charge in [0.05, 0.1) is 25.4 Å². The molecule has 0 bridgehead atoms. The van der Waals surface area contributed by atoms with Crippen LogP contribution in [0.2, 0.25) is 0 Å². The molecule has 0 spiro atoms. The standard InChI is InChI=1S/C15H22BrNO2/c1-2-15(18,13-3-5-14(16)6-4-13)7-8-17-9-11-19-12-10-17/h3-6,18H,2,7-12H2,1H3/p+1.